The number of nitriles is 1. The summed E-state index contributed by atoms with van der Waals surface area (Å²) in [5.41, 5.74) is 3.85. The Morgan fingerprint density at radius 3 is 2.83 bits per heavy atom. The summed E-state index contributed by atoms with van der Waals surface area (Å²) in [7, 11) is 1.88. The van der Waals surface area contributed by atoms with Gasteiger partial charge in [-0.25, -0.2) is 4.99 Å². The van der Waals surface area contributed by atoms with Gasteiger partial charge in [0.05, 0.1) is 6.04 Å². The van der Waals surface area contributed by atoms with E-state index in [-0.39, 0.29) is 12.5 Å². The van der Waals surface area contributed by atoms with Crippen LogP contribution in [0.3, 0.4) is 0 Å². The Kier molecular flexibility index (Phi) is 7.17. The number of aliphatic imine (C=N–C) groups is 1. The second-order valence-electron chi connectivity index (χ2n) is 7.18. The number of carbonyl (C=O) groups is 1. The Labute approximate surface area is 176 Å². The van der Waals surface area contributed by atoms with E-state index in [0.29, 0.717) is 18.8 Å². The van der Waals surface area contributed by atoms with Crippen molar-refractivity contribution < 1.29 is 9.90 Å². The van der Waals surface area contributed by atoms with E-state index >= 15 is 0 Å². The zero-order valence-electron chi connectivity index (χ0n) is 17.0. The van der Waals surface area contributed by atoms with Crippen LogP contribution < -0.4 is 10.2 Å². The molecular formula is C23H25N5O2. The number of hydrogen-bond donors (Lipinski definition) is 2. The topological polar surface area (TPSA) is 102 Å². The molecule has 0 atom stereocenters. The van der Waals surface area contributed by atoms with Crippen molar-refractivity contribution in [1.82, 2.24) is 10.3 Å². The van der Waals surface area contributed by atoms with Crippen molar-refractivity contribution in [3.05, 3.63) is 66.0 Å². The molecule has 0 amide bonds. The maximum Gasteiger partial charge on any atom is 0.303 e. The highest BCUT2D eigenvalue weighted by Gasteiger charge is 2.22. The van der Waals surface area contributed by atoms with Gasteiger partial charge < -0.3 is 10.0 Å². The molecule has 1 aliphatic rings. The normalized spacial score (nSPS) is 14.1. The summed E-state index contributed by atoms with van der Waals surface area (Å²) in [6, 6.07) is 12.1. The zero-order chi connectivity index (χ0) is 21.3. The van der Waals surface area contributed by atoms with Gasteiger partial charge in [-0.3, -0.25) is 15.1 Å². The van der Waals surface area contributed by atoms with E-state index in [1.807, 2.05) is 54.5 Å². The van der Waals surface area contributed by atoms with Crippen molar-refractivity contribution in [3.8, 4) is 6.19 Å². The summed E-state index contributed by atoms with van der Waals surface area (Å²) in [5, 5.41) is 20.7. The molecule has 0 radical (unpaired) electrons. The Morgan fingerprint density at radius 2 is 2.17 bits per heavy atom. The molecule has 2 aromatic rings. The Hall–Kier alpha value is -3.66. The standard InChI is InChI=1S/C23H25N5O2/c1-28(23(26-16-24)27-19-11-12-19)20-8-4-6-17(14-20)21(9-2-3-10-22(29)30)18-7-5-13-25-15-18/h4-9,13-15,19H,2-3,10-12H2,1H3,(H,26,27)(H,29,30)/b21-9-. The average molecular weight is 403 g/mol. The van der Waals surface area contributed by atoms with Crippen LogP contribution in [0.1, 0.15) is 43.2 Å². The quantitative estimate of drug-likeness (QED) is 0.229. The van der Waals surface area contributed by atoms with Gasteiger partial charge in [-0.05, 0) is 55.0 Å². The minimum Gasteiger partial charge on any atom is -0.481 e. The van der Waals surface area contributed by atoms with Crippen LogP contribution in [0.25, 0.3) is 5.57 Å². The van der Waals surface area contributed by atoms with E-state index in [9.17, 15) is 4.79 Å². The molecule has 3 rings (SSSR count). The third-order valence-corrected chi connectivity index (χ3v) is 4.80. The van der Waals surface area contributed by atoms with Gasteiger partial charge in [0, 0.05) is 37.1 Å². The van der Waals surface area contributed by atoms with Gasteiger partial charge >= 0.3 is 5.97 Å². The van der Waals surface area contributed by atoms with Gasteiger partial charge in [0.15, 0.2) is 6.19 Å². The second kappa shape index (κ2) is 10.2. The number of hydrogen-bond acceptors (Lipinski definition) is 4. The first kappa shape index (κ1) is 21.1. The SMILES string of the molecule is CN(C(=NC1CC1)NC#N)c1cccc(/C(=C/CCCC(=O)O)c2cccnc2)c1. The fourth-order valence-corrected chi connectivity index (χ4v) is 3.06. The number of unbranched alkanes of at least 4 members (excludes halogenated alkanes) is 1. The van der Waals surface area contributed by atoms with E-state index in [1.165, 1.54) is 0 Å². The fraction of sp³-hybridized carbons (Fsp3) is 0.304. The molecule has 154 valence electrons. The number of pyridine rings is 1. The number of anilines is 1. The highest BCUT2D eigenvalue weighted by atomic mass is 16.4. The summed E-state index contributed by atoms with van der Waals surface area (Å²) in [6.07, 6.45) is 11.0. The van der Waals surface area contributed by atoms with Gasteiger partial charge in [-0.15, -0.1) is 0 Å². The van der Waals surface area contributed by atoms with Crippen LogP contribution in [-0.4, -0.2) is 35.1 Å². The van der Waals surface area contributed by atoms with Crippen molar-refractivity contribution in [2.45, 2.75) is 38.1 Å². The van der Waals surface area contributed by atoms with E-state index in [4.69, 9.17) is 10.4 Å². The molecule has 0 spiro atoms. The van der Waals surface area contributed by atoms with E-state index in [0.717, 1.165) is 35.2 Å². The lowest BCUT2D eigenvalue weighted by atomic mass is 9.97. The Balaban J connectivity index is 1.90. The van der Waals surface area contributed by atoms with Crippen molar-refractivity contribution in [3.63, 3.8) is 0 Å². The number of guanidine groups is 1. The molecule has 30 heavy (non-hydrogen) atoms. The molecular weight excluding hydrogens is 378 g/mol. The van der Waals surface area contributed by atoms with Crippen LogP contribution in [-0.2, 0) is 4.79 Å². The first-order valence-electron chi connectivity index (χ1n) is 9.98. The highest BCUT2D eigenvalue weighted by molar-refractivity contribution is 5.97. The van der Waals surface area contributed by atoms with Crippen LogP contribution in [0, 0.1) is 11.5 Å². The predicted molar refractivity (Wildman–Crippen MR) is 117 cm³/mol. The fourth-order valence-electron chi connectivity index (χ4n) is 3.06. The molecule has 0 unspecified atom stereocenters. The molecule has 0 saturated heterocycles. The first-order valence-corrected chi connectivity index (χ1v) is 9.98. The lowest BCUT2D eigenvalue weighted by Crippen LogP contribution is -2.36. The third kappa shape index (κ3) is 5.92. The van der Waals surface area contributed by atoms with Crippen molar-refractivity contribution in [1.29, 1.82) is 5.26 Å². The van der Waals surface area contributed by atoms with Gasteiger partial charge in [0.25, 0.3) is 0 Å². The van der Waals surface area contributed by atoms with E-state index in [2.05, 4.69) is 21.4 Å². The smallest absolute Gasteiger partial charge is 0.303 e. The Morgan fingerprint density at radius 1 is 1.37 bits per heavy atom. The molecule has 0 aliphatic heterocycles. The minimum atomic E-state index is -0.789. The zero-order valence-corrected chi connectivity index (χ0v) is 17.0. The number of aromatic nitrogens is 1. The maximum atomic E-state index is 10.8. The molecule has 7 heteroatoms. The monoisotopic (exact) mass is 403 g/mol. The number of carboxylic acid groups (broad SMARTS) is 1. The van der Waals surface area contributed by atoms with Crippen molar-refractivity contribution in [2.75, 3.05) is 11.9 Å². The van der Waals surface area contributed by atoms with Crippen LogP contribution in [0.4, 0.5) is 5.69 Å². The molecule has 2 N–H and O–H groups in total. The van der Waals surface area contributed by atoms with Crippen LogP contribution in [0.5, 0.6) is 0 Å². The summed E-state index contributed by atoms with van der Waals surface area (Å²) in [4.78, 5) is 21.5. The molecule has 1 aliphatic carbocycles. The molecule has 7 nitrogen and oxygen atoms in total. The number of allylic oxidation sites excluding steroid dienone is 1. The minimum absolute atomic E-state index is 0.139. The van der Waals surface area contributed by atoms with Crippen molar-refractivity contribution in [2.24, 2.45) is 4.99 Å². The summed E-state index contributed by atoms with van der Waals surface area (Å²) >= 11 is 0. The number of benzene rings is 1. The number of nitrogens with zero attached hydrogens (tertiary/aromatic N) is 4. The van der Waals surface area contributed by atoms with E-state index < -0.39 is 5.97 Å². The number of carboxylic acids is 1. The van der Waals surface area contributed by atoms with Crippen LogP contribution in [0.2, 0.25) is 0 Å². The van der Waals surface area contributed by atoms with Gasteiger partial charge in [-0.1, -0.05) is 24.3 Å². The largest absolute Gasteiger partial charge is 0.481 e. The summed E-state index contributed by atoms with van der Waals surface area (Å²) in [5.74, 6) is -0.257. The highest BCUT2D eigenvalue weighted by Crippen LogP contribution is 2.28. The lowest BCUT2D eigenvalue weighted by Gasteiger charge is -2.21. The van der Waals surface area contributed by atoms with E-state index in [1.54, 1.807) is 12.4 Å². The Bertz CT molecular complexity index is 975. The predicted octanol–water partition coefficient (Wildman–Crippen LogP) is 3.79. The third-order valence-electron chi connectivity index (χ3n) is 4.80. The lowest BCUT2D eigenvalue weighted by molar-refractivity contribution is -0.137. The number of aliphatic carboxylic acids is 1. The molecule has 1 aromatic carbocycles. The van der Waals surface area contributed by atoms with Gasteiger partial charge in [0.1, 0.15) is 0 Å². The molecule has 1 aromatic heterocycles. The number of nitrogens with one attached hydrogen (secondary N) is 1. The molecule has 1 heterocycles. The molecule has 1 fully saturated rings. The van der Waals surface area contributed by atoms with Crippen LogP contribution >= 0.6 is 0 Å². The van der Waals surface area contributed by atoms with Crippen LogP contribution in [0.15, 0.2) is 59.9 Å². The summed E-state index contributed by atoms with van der Waals surface area (Å²) in [6.45, 7) is 0. The van der Waals surface area contributed by atoms with Gasteiger partial charge in [0.2, 0.25) is 5.96 Å². The summed E-state index contributed by atoms with van der Waals surface area (Å²) < 4.78 is 0. The van der Waals surface area contributed by atoms with Gasteiger partial charge in [-0.2, -0.15) is 5.26 Å². The molecule has 0 bridgehead atoms. The van der Waals surface area contributed by atoms with Crippen molar-refractivity contribution >= 4 is 23.2 Å². The molecule has 1 saturated carbocycles. The second-order valence-corrected chi connectivity index (χ2v) is 7.18. The average Bonchev–Trinajstić information content (AvgIpc) is 3.57. The maximum absolute atomic E-state index is 10.8. The number of rotatable bonds is 8. The first-order chi connectivity index (χ1) is 14.6.